The number of benzene rings is 3. The van der Waals surface area contributed by atoms with Gasteiger partial charge in [0.2, 0.25) is 0 Å². The Kier molecular flexibility index (Phi) is 7.31. The van der Waals surface area contributed by atoms with E-state index in [1.807, 2.05) is 64.1 Å². The van der Waals surface area contributed by atoms with E-state index in [1.54, 1.807) is 0 Å². The maximum atomic E-state index is 14.7. The maximum absolute atomic E-state index is 14.7. The van der Waals surface area contributed by atoms with Gasteiger partial charge in [0.1, 0.15) is 17.4 Å². The Morgan fingerprint density at radius 1 is 0.974 bits per heavy atom. The topological polar surface area (TPSA) is 56.8 Å². The van der Waals surface area contributed by atoms with Crippen molar-refractivity contribution >= 4 is 30.9 Å². The number of nitrogens with one attached hydrogen (secondary N) is 1. The average molecular weight is 552 g/mol. The minimum atomic E-state index is -0.910. The van der Waals surface area contributed by atoms with Gasteiger partial charge in [0.05, 0.1) is 11.2 Å². The highest BCUT2D eigenvalue weighted by molar-refractivity contribution is 6.56. The van der Waals surface area contributed by atoms with Crippen LogP contribution in [-0.4, -0.2) is 37.6 Å². The Balaban J connectivity index is 1.33. The summed E-state index contributed by atoms with van der Waals surface area (Å²) in [6, 6.07) is 18.5. The fourth-order valence-electron chi connectivity index (χ4n) is 4.87. The summed E-state index contributed by atoms with van der Waals surface area (Å²) in [5, 5.41) is 2.12. The number of fused-ring (bicyclic) bond motifs is 3. The molecule has 202 valence electrons. The highest BCUT2D eigenvalue weighted by Gasteiger charge is 2.52. The van der Waals surface area contributed by atoms with Gasteiger partial charge in [-0.25, -0.2) is 13.6 Å². The first-order valence-electron chi connectivity index (χ1n) is 12.8. The third-order valence-electron chi connectivity index (χ3n) is 7.74. The van der Waals surface area contributed by atoms with Crippen molar-refractivity contribution in [2.75, 3.05) is 13.2 Å². The van der Waals surface area contributed by atoms with Gasteiger partial charge in [-0.3, -0.25) is 0 Å². The van der Waals surface area contributed by atoms with Gasteiger partial charge in [-0.05, 0) is 67.6 Å². The molecule has 5 rings (SSSR count). The Morgan fingerprint density at radius 2 is 1.54 bits per heavy atom. The highest BCUT2D eigenvalue weighted by Crippen LogP contribution is 2.44. The van der Waals surface area contributed by atoms with Crippen LogP contribution in [0.5, 0.6) is 0 Å². The molecule has 0 spiro atoms. The molecule has 1 amide bonds. The molecule has 1 aliphatic heterocycles. The van der Waals surface area contributed by atoms with E-state index in [0.717, 1.165) is 28.3 Å². The van der Waals surface area contributed by atoms with Crippen LogP contribution < -0.4 is 5.32 Å². The number of hydrogen-bond donors (Lipinski definition) is 1. The first-order valence-corrected chi connectivity index (χ1v) is 13.1. The van der Waals surface area contributed by atoms with Crippen LogP contribution in [0.3, 0.4) is 0 Å². The van der Waals surface area contributed by atoms with E-state index >= 15 is 0 Å². The number of amides is 1. The first kappa shape index (κ1) is 27.4. The summed E-state index contributed by atoms with van der Waals surface area (Å²) in [5.74, 6) is -1.86. The van der Waals surface area contributed by atoms with Crippen molar-refractivity contribution in [3.63, 3.8) is 0 Å². The van der Waals surface area contributed by atoms with Crippen LogP contribution in [0.15, 0.2) is 66.1 Å². The average Bonchev–Trinajstić information content (AvgIpc) is 3.34. The second-order valence-electron chi connectivity index (χ2n) is 10.8. The third kappa shape index (κ3) is 5.21. The second kappa shape index (κ2) is 10.4. The normalized spacial score (nSPS) is 17.6. The Labute approximate surface area is 232 Å². The molecule has 1 aliphatic carbocycles. The third-order valence-corrected chi connectivity index (χ3v) is 8.09. The molecule has 0 saturated carbocycles. The smallest absolute Gasteiger partial charge is 0.449 e. The van der Waals surface area contributed by atoms with Crippen molar-refractivity contribution in [3.8, 4) is 11.1 Å². The molecule has 0 atom stereocenters. The van der Waals surface area contributed by atoms with Crippen LogP contribution >= 0.6 is 11.6 Å². The molecule has 0 unspecified atom stereocenters. The molecule has 39 heavy (non-hydrogen) atoms. The lowest BCUT2D eigenvalue weighted by Gasteiger charge is -2.32. The van der Waals surface area contributed by atoms with Gasteiger partial charge in [-0.1, -0.05) is 66.2 Å². The number of carbonyl (C=O) groups excluding carboxylic acids is 1. The van der Waals surface area contributed by atoms with Crippen molar-refractivity contribution in [1.82, 2.24) is 5.32 Å². The van der Waals surface area contributed by atoms with Crippen LogP contribution in [0.4, 0.5) is 13.6 Å². The van der Waals surface area contributed by atoms with E-state index in [4.69, 9.17) is 25.6 Å². The Hall–Kier alpha value is -3.20. The summed E-state index contributed by atoms with van der Waals surface area (Å²) in [7, 11) is -0.882. The van der Waals surface area contributed by atoms with Crippen molar-refractivity contribution in [2.45, 2.75) is 44.8 Å². The van der Waals surface area contributed by atoms with E-state index < -0.39 is 41.1 Å². The van der Waals surface area contributed by atoms with Crippen LogP contribution in [-0.2, 0) is 14.0 Å². The summed E-state index contributed by atoms with van der Waals surface area (Å²) in [6.45, 7) is 7.65. The maximum Gasteiger partial charge on any atom is 0.492 e. The molecule has 0 bridgehead atoms. The first-order chi connectivity index (χ1) is 18.5. The van der Waals surface area contributed by atoms with E-state index in [2.05, 4.69) is 17.4 Å². The highest BCUT2D eigenvalue weighted by atomic mass is 35.5. The van der Waals surface area contributed by atoms with E-state index in [9.17, 15) is 13.6 Å². The molecule has 5 nitrogen and oxygen atoms in total. The van der Waals surface area contributed by atoms with Crippen molar-refractivity contribution in [2.24, 2.45) is 0 Å². The van der Waals surface area contributed by atoms with Gasteiger partial charge in [0, 0.05) is 18.0 Å². The van der Waals surface area contributed by atoms with Gasteiger partial charge in [0.25, 0.3) is 0 Å². The summed E-state index contributed by atoms with van der Waals surface area (Å²) in [4.78, 5) is 12.8. The number of ether oxygens (including phenoxy) is 1. The summed E-state index contributed by atoms with van der Waals surface area (Å²) >= 11 is 5.79. The number of halogens is 3. The predicted octanol–water partition coefficient (Wildman–Crippen LogP) is 7.17. The summed E-state index contributed by atoms with van der Waals surface area (Å²) in [5.41, 5.74) is 3.60. The minimum absolute atomic E-state index is 0.0421. The zero-order valence-corrected chi connectivity index (χ0v) is 22.9. The van der Waals surface area contributed by atoms with E-state index in [1.165, 1.54) is 12.1 Å². The van der Waals surface area contributed by atoms with Gasteiger partial charge in [-0.2, -0.15) is 0 Å². The Bertz CT molecular complexity index is 1400. The SMILES string of the molecule is CC1(C)OB(C(=Cc2ccc(F)c(Cl)c2F)CNC(=O)OCC2c3ccccc3-c3ccccc32)OC1(C)C. The molecule has 1 N–H and O–H groups in total. The molecule has 1 heterocycles. The van der Waals surface area contributed by atoms with Crippen LogP contribution in [0, 0.1) is 11.6 Å². The van der Waals surface area contributed by atoms with Gasteiger partial charge < -0.3 is 19.4 Å². The fourth-order valence-corrected chi connectivity index (χ4v) is 5.04. The number of hydrogen-bond acceptors (Lipinski definition) is 4. The van der Waals surface area contributed by atoms with Gasteiger partial charge >= 0.3 is 13.2 Å². The second-order valence-corrected chi connectivity index (χ2v) is 11.1. The quantitative estimate of drug-likeness (QED) is 0.261. The molecule has 2 aliphatic rings. The van der Waals surface area contributed by atoms with Crippen molar-refractivity contribution < 1.29 is 27.6 Å². The van der Waals surface area contributed by atoms with Crippen LogP contribution in [0.2, 0.25) is 5.02 Å². The lowest BCUT2D eigenvalue weighted by atomic mass is 9.77. The number of rotatable bonds is 6. The van der Waals surface area contributed by atoms with E-state index in [0.29, 0.717) is 5.47 Å². The van der Waals surface area contributed by atoms with Gasteiger partial charge in [-0.15, -0.1) is 0 Å². The molecule has 1 saturated heterocycles. The largest absolute Gasteiger partial charge is 0.492 e. The lowest BCUT2D eigenvalue weighted by molar-refractivity contribution is 0.00578. The summed E-state index contributed by atoms with van der Waals surface area (Å²) < 4.78 is 46.4. The number of alkyl carbamates (subject to hydrolysis) is 1. The zero-order valence-electron chi connectivity index (χ0n) is 22.2. The van der Waals surface area contributed by atoms with Crippen LogP contribution in [0.25, 0.3) is 17.2 Å². The van der Waals surface area contributed by atoms with E-state index in [-0.39, 0.29) is 24.6 Å². The fraction of sp³-hybridized carbons (Fsp3) is 0.300. The van der Waals surface area contributed by atoms with Crippen LogP contribution in [0.1, 0.15) is 50.3 Å². The summed E-state index contributed by atoms with van der Waals surface area (Å²) in [6.07, 6.45) is 0.809. The molecular formula is C30H29BClF2NO4. The lowest BCUT2D eigenvalue weighted by Crippen LogP contribution is -2.41. The molecule has 0 aromatic heterocycles. The number of carbonyl (C=O) groups is 1. The van der Waals surface area contributed by atoms with Gasteiger partial charge in [0.15, 0.2) is 5.82 Å². The molecular weight excluding hydrogens is 523 g/mol. The monoisotopic (exact) mass is 551 g/mol. The zero-order chi connectivity index (χ0) is 27.9. The minimum Gasteiger partial charge on any atom is -0.449 e. The Morgan fingerprint density at radius 3 is 2.13 bits per heavy atom. The standard InChI is InChI=1S/C30H29BClF2NO4/c1-29(2)30(3,4)39-31(38-29)19(15-18-13-14-25(33)26(32)27(18)34)16-35-28(36)37-17-24-22-11-7-5-9-20(22)21-10-6-8-12-23(21)24/h5-15,24H,16-17H2,1-4H3,(H,35,36). The molecule has 9 heteroatoms. The molecule has 1 fully saturated rings. The molecule has 0 radical (unpaired) electrons. The predicted molar refractivity (Wildman–Crippen MR) is 148 cm³/mol. The van der Waals surface area contributed by atoms with Crippen molar-refractivity contribution in [1.29, 1.82) is 0 Å². The molecule has 3 aromatic rings. The van der Waals surface area contributed by atoms with Crippen molar-refractivity contribution in [3.05, 3.63) is 99.5 Å². The molecule has 3 aromatic carbocycles.